The first-order valence-corrected chi connectivity index (χ1v) is 31.5. The fraction of sp³-hybridized carbons (Fsp3) is 0.182. The standard InChI is InChI=1S/C88H64/c1-5-9-45-69-73-49-21-37-61-29-13-15-31-63-39-23-51-75-70(46-10-6-2)77-53-25-41-65(85(77)58-83(63)75)33-17-19-35-67-43-27-55-79-72(48-12-8-4)80-56-28-44-68(88(80)60-87(67)79)36-20-18-34-66-42-26-54-78-71(47-11-7-3)76-52-24-40-64(84(76)59-86(66)78)32-16-14-30-62-38-22-50-74(69)82(62)57-81(61)73/h21-28,37-44,49-60H,5-12,45-48H2,1-4H3. The molecule has 12 aromatic carbocycles. The molecule has 12 aromatic rings. The van der Waals surface area contributed by atoms with E-state index in [-0.39, 0.29) is 0 Å². The summed E-state index contributed by atoms with van der Waals surface area (Å²) in [4.78, 5) is 0. The van der Waals surface area contributed by atoms with Gasteiger partial charge in [0.1, 0.15) is 0 Å². The third kappa shape index (κ3) is 11.1. The Morgan fingerprint density at radius 3 is 0.477 bits per heavy atom. The molecule has 13 rings (SSSR count). The second-order valence-corrected chi connectivity index (χ2v) is 23.0. The van der Waals surface area contributed by atoms with Crippen molar-refractivity contribution in [2.75, 3.05) is 0 Å². The van der Waals surface area contributed by atoms with Crippen LogP contribution < -0.4 is 0 Å². The minimum atomic E-state index is 0.943. The Bertz CT molecular complexity index is 4430. The van der Waals surface area contributed by atoms with Gasteiger partial charge in [0.25, 0.3) is 0 Å². The van der Waals surface area contributed by atoms with Crippen LogP contribution in [0.4, 0.5) is 0 Å². The molecule has 0 aromatic heterocycles. The Hall–Kier alpha value is -10.8. The Morgan fingerprint density at radius 2 is 0.341 bits per heavy atom. The first-order valence-electron chi connectivity index (χ1n) is 31.5. The fourth-order valence-corrected chi connectivity index (χ4v) is 13.2. The third-order valence-corrected chi connectivity index (χ3v) is 17.6. The van der Waals surface area contributed by atoms with Crippen molar-refractivity contribution in [3.8, 4) is 94.7 Å². The molecule has 0 heteroatoms. The van der Waals surface area contributed by atoms with Crippen molar-refractivity contribution in [1.29, 1.82) is 0 Å². The van der Waals surface area contributed by atoms with Gasteiger partial charge >= 0.3 is 0 Å². The maximum atomic E-state index is 3.52. The molecule has 0 heterocycles. The number of rotatable bonds is 12. The SMILES string of the molecule is CCCCc1c2cccc3c2cc2c(cccc12)C#CC#Cc1cccc2c(CCCC)c4cccc(c4cc12)C#CC#Cc1cccc2c(CCCC)c4cccc(c4cc12)C#CC#Cc1cccc2c(CCCC)c4cccc(c4cc12)C#CC#C3. The molecule has 0 radical (unpaired) electrons. The van der Waals surface area contributed by atoms with Crippen molar-refractivity contribution in [3.05, 3.63) is 237 Å². The van der Waals surface area contributed by atoms with Gasteiger partial charge in [-0.05, 0) is 280 Å². The van der Waals surface area contributed by atoms with Crippen molar-refractivity contribution in [3.63, 3.8) is 0 Å². The first kappa shape index (κ1) is 56.3. The molecule has 1 aliphatic rings. The second-order valence-electron chi connectivity index (χ2n) is 23.0. The predicted octanol–water partition coefficient (Wildman–Crippen LogP) is 20.2. The van der Waals surface area contributed by atoms with E-state index in [1.165, 1.54) is 65.3 Å². The smallest absolute Gasteiger partial charge is 0.0334 e. The predicted molar refractivity (Wildman–Crippen MR) is 375 cm³/mol. The Labute approximate surface area is 519 Å². The molecule has 0 amide bonds. The van der Waals surface area contributed by atoms with Crippen LogP contribution in [-0.2, 0) is 25.7 Å². The molecule has 0 atom stereocenters. The van der Waals surface area contributed by atoms with E-state index < -0.39 is 0 Å². The maximum absolute atomic E-state index is 3.52. The van der Waals surface area contributed by atoms with Gasteiger partial charge in [-0.15, -0.1) is 0 Å². The van der Waals surface area contributed by atoms with Crippen LogP contribution >= 0.6 is 0 Å². The second kappa shape index (κ2) is 25.8. The van der Waals surface area contributed by atoms with Gasteiger partial charge in [-0.1, -0.05) is 198 Å². The van der Waals surface area contributed by atoms with Crippen molar-refractivity contribution < 1.29 is 0 Å². The zero-order valence-electron chi connectivity index (χ0n) is 50.7. The minimum Gasteiger partial charge on any atom is -0.0654 e. The van der Waals surface area contributed by atoms with Crippen LogP contribution in [0.2, 0.25) is 0 Å². The summed E-state index contributed by atoms with van der Waals surface area (Å²) in [6, 6.07) is 61.1. The zero-order chi connectivity index (χ0) is 59.8. The molecular weight excluding hydrogens is 1060 g/mol. The van der Waals surface area contributed by atoms with E-state index in [1.54, 1.807) is 0 Å². The summed E-state index contributed by atoms with van der Waals surface area (Å²) >= 11 is 0. The normalized spacial score (nSPS) is 11.5. The number of aryl methyl sites for hydroxylation is 4. The minimum absolute atomic E-state index is 0.943. The van der Waals surface area contributed by atoms with Gasteiger partial charge < -0.3 is 0 Å². The van der Waals surface area contributed by atoms with Crippen molar-refractivity contribution in [2.45, 2.75) is 105 Å². The summed E-state index contributed by atoms with van der Waals surface area (Å²) in [5.41, 5.74) is 12.8. The molecule has 8 bridgehead atoms. The monoisotopic (exact) mass is 1120 g/mol. The summed E-state index contributed by atoms with van der Waals surface area (Å²) in [5, 5.41) is 18.6. The summed E-state index contributed by atoms with van der Waals surface area (Å²) < 4.78 is 0. The molecule has 0 nitrogen and oxygen atoms in total. The highest BCUT2D eigenvalue weighted by Crippen LogP contribution is 2.38. The van der Waals surface area contributed by atoms with Crippen LogP contribution in [0.15, 0.2) is 170 Å². The number of unbranched alkanes of at least 4 members (excludes halogenated alkanes) is 4. The fourth-order valence-electron chi connectivity index (χ4n) is 13.2. The lowest BCUT2D eigenvalue weighted by atomic mass is 9.89. The molecule has 1 aliphatic carbocycles. The number of hydrogen-bond donors (Lipinski definition) is 0. The lowest BCUT2D eigenvalue weighted by Crippen LogP contribution is -1.94. The topological polar surface area (TPSA) is 0 Å². The van der Waals surface area contributed by atoms with E-state index in [4.69, 9.17) is 0 Å². The molecule has 0 aliphatic heterocycles. The molecule has 0 saturated heterocycles. The summed E-state index contributed by atoms with van der Waals surface area (Å²) in [6.07, 6.45) is 12.5. The highest BCUT2D eigenvalue weighted by Gasteiger charge is 2.17. The summed E-state index contributed by atoms with van der Waals surface area (Å²) in [6.45, 7) is 9.02. The van der Waals surface area contributed by atoms with E-state index in [1.807, 2.05) is 0 Å². The molecular formula is C88H64. The number of hydrogen-bond acceptors (Lipinski definition) is 0. The highest BCUT2D eigenvalue weighted by atomic mass is 14.2. The summed E-state index contributed by atoms with van der Waals surface area (Å²) in [7, 11) is 0. The van der Waals surface area contributed by atoms with Crippen LogP contribution in [0.5, 0.6) is 0 Å². The Kier molecular flexibility index (Phi) is 16.5. The maximum Gasteiger partial charge on any atom is 0.0334 e. The Balaban J connectivity index is 1.03. The van der Waals surface area contributed by atoms with Gasteiger partial charge in [0.05, 0.1) is 0 Å². The third-order valence-electron chi connectivity index (χ3n) is 17.6. The molecule has 0 unspecified atom stereocenters. The average Bonchev–Trinajstić information content (AvgIpc) is 3.55. The average molecular weight is 1120 g/mol. The van der Waals surface area contributed by atoms with Gasteiger partial charge in [-0.3, -0.25) is 0 Å². The van der Waals surface area contributed by atoms with Crippen LogP contribution in [0.25, 0.3) is 86.2 Å². The number of benzene rings is 12. The quantitative estimate of drug-likeness (QED) is 0.0845. The molecule has 0 saturated carbocycles. The molecule has 0 fully saturated rings. The van der Waals surface area contributed by atoms with Crippen LogP contribution in [0.1, 0.15) is 146 Å². The van der Waals surface area contributed by atoms with E-state index >= 15 is 0 Å². The van der Waals surface area contributed by atoms with E-state index in [0.717, 1.165) is 165 Å². The Morgan fingerprint density at radius 1 is 0.193 bits per heavy atom. The van der Waals surface area contributed by atoms with Crippen molar-refractivity contribution in [2.24, 2.45) is 0 Å². The van der Waals surface area contributed by atoms with Crippen molar-refractivity contribution >= 4 is 86.2 Å². The lowest BCUT2D eigenvalue weighted by Gasteiger charge is -2.14. The van der Waals surface area contributed by atoms with Gasteiger partial charge in [0.2, 0.25) is 0 Å². The first-order chi connectivity index (χ1) is 43.5. The van der Waals surface area contributed by atoms with Crippen LogP contribution in [-0.4, -0.2) is 0 Å². The van der Waals surface area contributed by atoms with Gasteiger partial charge in [0.15, 0.2) is 0 Å². The molecule has 88 heavy (non-hydrogen) atoms. The van der Waals surface area contributed by atoms with E-state index in [0.29, 0.717) is 0 Å². The summed E-state index contributed by atoms with van der Waals surface area (Å²) in [5.74, 6) is 54.6. The largest absolute Gasteiger partial charge is 0.0654 e. The van der Waals surface area contributed by atoms with Crippen LogP contribution in [0.3, 0.4) is 0 Å². The lowest BCUT2D eigenvalue weighted by molar-refractivity contribution is 0.802. The van der Waals surface area contributed by atoms with E-state index in [2.05, 4.69) is 292 Å². The van der Waals surface area contributed by atoms with Crippen molar-refractivity contribution in [1.82, 2.24) is 0 Å². The molecule has 0 spiro atoms. The van der Waals surface area contributed by atoms with Gasteiger partial charge in [0, 0.05) is 44.5 Å². The van der Waals surface area contributed by atoms with E-state index in [9.17, 15) is 0 Å². The molecule has 0 N–H and O–H groups in total. The van der Waals surface area contributed by atoms with Gasteiger partial charge in [-0.2, -0.15) is 0 Å². The zero-order valence-corrected chi connectivity index (χ0v) is 50.7. The van der Waals surface area contributed by atoms with Crippen LogP contribution in [0, 0.1) is 94.7 Å². The highest BCUT2D eigenvalue weighted by molar-refractivity contribution is 6.10. The molecule has 416 valence electrons. The van der Waals surface area contributed by atoms with Gasteiger partial charge in [-0.25, -0.2) is 0 Å².